The Morgan fingerprint density at radius 1 is 1.29 bits per heavy atom. The van der Waals surface area contributed by atoms with Gasteiger partial charge in [-0.15, -0.1) is 0 Å². The summed E-state index contributed by atoms with van der Waals surface area (Å²) in [6.07, 6.45) is 1.95. The molecule has 0 unspecified atom stereocenters. The zero-order valence-electron chi connectivity index (χ0n) is 11.8. The first-order valence-corrected chi connectivity index (χ1v) is 7.51. The normalized spacial score (nSPS) is 9.95. The highest BCUT2D eigenvalue weighted by atomic mass is 79.9. The van der Waals surface area contributed by atoms with Crippen LogP contribution in [0.4, 0.5) is 17.3 Å². The summed E-state index contributed by atoms with van der Waals surface area (Å²) in [7, 11) is 0. The Morgan fingerprint density at radius 2 is 2.05 bits per heavy atom. The molecule has 2 rings (SSSR count). The Labute approximate surface area is 132 Å². The lowest BCUT2D eigenvalue weighted by atomic mass is 10.2. The maximum absolute atomic E-state index is 8.88. The molecule has 21 heavy (non-hydrogen) atoms. The van der Waals surface area contributed by atoms with Crippen LogP contribution in [0.3, 0.4) is 0 Å². The van der Waals surface area contributed by atoms with Gasteiger partial charge in [0.05, 0.1) is 12.5 Å². The molecule has 0 aliphatic carbocycles. The zero-order valence-corrected chi connectivity index (χ0v) is 13.3. The van der Waals surface area contributed by atoms with Gasteiger partial charge in [0.1, 0.15) is 16.6 Å². The molecule has 5 nitrogen and oxygen atoms in total. The number of anilines is 3. The fourth-order valence-electron chi connectivity index (χ4n) is 1.97. The summed E-state index contributed by atoms with van der Waals surface area (Å²) in [4.78, 5) is 10.6. The van der Waals surface area contributed by atoms with E-state index in [-0.39, 0.29) is 0 Å². The Balaban J connectivity index is 2.42. The molecule has 1 N–H and O–H groups in total. The molecule has 0 atom stereocenters. The third kappa shape index (κ3) is 3.70. The van der Waals surface area contributed by atoms with Gasteiger partial charge in [0.15, 0.2) is 5.82 Å². The van der Waals surface area contributed by atoms with E-state index in [1.807, 2.05) is 42.2 Å². The van der Waals surface area contributed by atoms with Crippen LogP contribution >= 0.6 is 15.9 Å². The van der Waals surface area contributed by atoms with Crippen molar-refractivity contribution in [3.63, 3.8) is 0 Å². The maximum atomic E-state index is 8.88. The molecule has 1 aromatic carbocycles. The first kappa shape index (κ1) is 15.3. The Bertz CT molecular complexity index is 624. The van der Waals surface area contributed by atoms with Gasteiger partial charge < -0.3 is 10.2 Å². The van der Waals surface area contributed by atoms with E-state index in [0.29, 0.717) is 13.0 Å². The summed E-state index contributed by atoms with van der Waals surface area (Å²) in [6.45, 7) is 3.36. The van der Waals surface area contributed by atoms with Crippen molar-refractivity contribution < 1.29 is 0 Å². The van der Waals surface area contributed by atoms with Crippen molar-refractivity contribution in [2.45, 2.75) is 13.3 Å². The molecule has 0 saturated heterocycles. The summed E-state index contributed by atoms with van der Waals surface area (Å²) in [5.74, 6) is 1.50. The molecule has 0 spiro atoms. The van der Waals surface area contributed by atoms with Gasteiger partial charge in [-0.05, 0) is 35.0 Å². The molecule has 108 valence electrons. The fraction of sp³-hybridized carbons (Fsp3) is 0.267. The Morgan fingerprint density at radius 3 is 2.71 bits per heavy atom. The first-order valence-electron chi connectivity index (χ1n) is 6.71. The minimum Gasteiger partial charge on any atom is -0.369 e. The number of halogens is 1. The van der Waals surface area contributed by atoms with Crippen molar-refractivity contribution in [3.8, 4) is 6.07 Å². The lowest BCUT2D eigenvalue weighted by Gasteiger charge is -2.24. The van der Waals surface area contributed by atoms with Gasteiger partial charge in [0, 0.05) is 18.8 Å². The van der Waals surface area contributed by atoms with Crippen LogP contribution in [-0.2, 0) is 0 Å². The minimum atomic E-state index is 0.419. The van der Waals surface area contributed by atoms with Gasteiger partial charge in [-0.3, -0.25) is 0 Å². The quantitative estimate of drug-likeness (QED) is 0.864. The highest BCUT2D eigenvalue weighted by Crippen LogP contribution is 2.33. The van der Waals surface area contributed by atoms with E-state index >= 15 is 0 Å². The summed E-state index contributed by atoms with van der Waals surface area (Å²) >= 11 is 3.56. The smallest absolute Gasteiger partial charge is 0.153 e. The maximum Gasteiger partial charge on any atom is 0.153 e. The van der Waals surface area contributed by atoms with Gasteiger partial charge >= 0.3 is 0 Å². The Hall–Kier alpha value is -2.13. The number of nitriles is 1. The van der Waals surface area contributed by atoms with Crippen LogP contribution < -0.4 is 10.2 Å². The Kier molecular flexibility index (Phi) is 5.52. The molecule has 2 aromatic rings. The van der Waals surface area contributed by atoms with Crippen molar-refractivity contribution in [1.29, 1.82) is 5.26 Å². The van der Waals surface area contributed by atoms with Crippen LogP contribution in [0.5, 0.6) is 0 Å². The minimum absolute atomic E-state index is 0.419. The van der Waals surface area contributed by atoms with Crippen LogP contribution in [0.2, 0.25) is 0 Å². The van der Waals surface area contributed by atoms with Crippen molar-refractivity contribution in [1.82, 2.24) is 9.97 Å². The number of para-hydroxylation sites is 1. The van der Waals surface area contributed by atoms with Crippen LogP contribution in [0.1, 0.15) is 13.3 Å². The number of hydrogen-bond donors (Lipinski definition) is 1. The van der Waals surface area contributed by atoms with Gasteiger partial charge in [-0.2, -0.15) is 5.26 Å². The van der Waals surface area contributed by atoms with Gasteiger partial charge in [-0.1, -0.05) is 18.2 Å². The van der Waals surface area contributed by atoms with Crippen molar-refractivity contribution in [2.75, 3.05) is 23.3 Å². The van der Waals surface area contributed by atoms with E-state index in [2.05, 4.69) is 37.3 Å². The monoisotopic (exact) mass is 345 g/mol. The summed E-state index contributed by atoms with van der Waals surface area (Å²) < 4.78 is 0.800. The predicted molar refractivity (Wildman–Crippen MR) is 87.6 cm³/mol. The van der Waals surface area contributed by atoms with Crippen LogP contribution in [0, 0.1) is 11.3 Å². The highest BCUT2D eigenvalue weighted by molar-refractivity contribution is 9.10. The topological polar surface area (TPSA) is 64.8 Å². The zero-order chi connectivity index (χ0) is 15.1. The van der Waals surface area contributed by atoms with Crippen LogP contribution in [0.15, 0.2) is 41.1 Å². The van der Waals surface area contributed by atoms with E-state index < -0.39 is 0 Å². The van der Waals surface area contributed by atoms with E-state index in [1.165, 1.54) is 6.33 Å². The molecule has 1 aromatic heterocycles. The molecule has 0 fully saturated rings. The second-order valence-electron chi connectivity index (χ2n) is 4.29. The molecule has 0 bridgehead atoms. The van der Waals surface area contributed by atoms with E-state index in [1.54, 1.807) is 0 Å². The largest absolute Gasteiger partial charge is 0.369 e. The summed E-state index contributed by atoms with van der Waals surface area (Å²) in [6, 6.07) is 12.1. The number of hydrogen-bond acceptors (Lipinski definition) is 5. The average molecular weight is 346 g/mol. The molecule has 0 aliphatic rings. The predicted octanol–water partition coefficient (Wildman–Crippen LogP) is 3.72. The lowest BCUT2D eigenvalue weighted by molar-refractivity contribution is 0.915. The van der Waals surface area contributed by atoms with E-state index in [0.717, 1.165) is 28.3 Å². The van der Waals surface area contributed by atoms with Crippen molar-refractivity contribution in [2.24, 2.45) is 0 Å². The van der Waals surface area contributed by atoms with E-state index in [9.17, 15) is 0 Å². The van der Waals surface area contributed by atoms with Crippen molar-refractivity contribution in [3.05, 3.63) is 41.1 Å². The SMILES string of the molecule is CCNc1ncnc(N(CCC#N)c2ccccc2)c1Br. The second-order valence-corrected chi connectivity index (χ2v) is 5.08. The van der Waals surface area contributed by atoms with Gasteiger partial charge in [0.2, 0.25) is 0 Å². The van der Waals surface area contributed by atoms with Crippen LogP contribution in [-0.4, -0.2) is 23.1 Å². The fourth-order valence-corrected chi connectivity index (χ4v) is 2.53. The summed E-state index contributed by atoms with van der Waals surface area (Å²) in [5.41, 5.74) is 0.995. The molecule has 6 heteroatoms. The van der Waals surface area contributed by atoms with Crippen molar-refractivity contribution >= 4 is 33.3 Å². The third-order valence-electron chi connectivity index (χ3n) is 2.89. The standard InChI is InChI=1S/C15H16BrN5/c1-2-18-14-13(16)15(20-11-19-14)21(10-6-9-17)12-7-4-3-5-8-12/h3-5,7-8,11H,2,6,10H2,1H3,(H,18,19,20). The second kappa shape index (κ2) is 7.60. The molecule has 0 saturated carbocycles. The lowest BCUT2D eigenvalue weighted by Crippen LogP contribution is -2.20. The molecule has 0 radical (unpaired) electrons. The molecule has 0 aliphatic heterocycles. The highest BCUT2D eigenvalue weighted by Gasteiger charge is 2.16. The number of nitrogens with zero attached hydrogens (tertiary/aromatic N) is 4. The van der Waals surface area contributed by atoms with Gasteiger partial charge in [0.25, 0.3) is 0 Å². The molecular formula is C15H16BrN5. The molecule has 0 amide bonds. The first-order chi connectivity index (χ1) is 10.3. The van der Waals surface area contributed by atoms with Gasteiger partial charge in [-0.25, -0.2) is 9.97 Å². The third-order valence-corrected chi connectivity index (χ3v) is 3.62. The molecular weight excluding hydrogens is 330 g/mol. The average Bonchev–Trinajstić information content (AvgIpc) is 2.52. The number of nitrogens with one attached hydrogen (secondary N) is 1. The number of benzene rings is 1. The summed E-state index contributed by atoms with van der Waals surface area (Å²) in [5, 5.41) is 12.1. The van der Waals surface area contributed by atoms with Crippen LogP contribution in [0.25, 0.3) is 0 Å². The molecule has 1 heterocycles. The van der Waals surface area contributed by atoms with E-state index in [4.69, 9.17) is 5.26 Å². The number of aromatic nitrogens is 2. The number of rotatable bonds is 6.